The Morgan fingerprint density at radius 3 is 2.62 bits per heavy atom. The number of furan rings is 1. The minimum atomic E-state index is -2.86. The van der Waals surface area contributed by atoms with E-state index < -0.39 is 12.6 Å². The van der Waals surface area contributed by atoms with Crippen LogP contribution >= 0.6 is 0 Å². The van der Waals surface area contributed by atoms with Crippen molar-refractivity contribution in [2.45, 2.75) is 13.2 Å². The Hall–Kier alpha value is -2.63. The van der Waals surface area contributed by atoms with Crippen molar-refractivity contribution >= 4 is 12.0 Å². The molecule has 6 heteroatoms. The fourth-order valence-electron chi connectivity index (χ4n) is 1.51. The molecule has 1 aromatic carbocycles. The van der Waals surface area contributed by atoms with Gasteiger partial charge in [-0.2, -0.15) is 8.78 Å². The van der Waals surface area contributed by atoms with E-state index >= 15 is 0 Å². The Kier molecular flexibility index (Phi) is 5.09. The number of halogens is 2. The summed E-state index contributed by atoms with van der Waals surface area (Å²) in [6.45, 7) is -2.81. The van der Waals surface area contributed by atoms with Crippen LogP contribution in [0.15, 0.2) is 53.2 Å². The molecule has 0 fully saturated rings. The third-order valence-electron chi connectivity index (χ3n) is 2.45. The van der Waals surface area contributed by atoms with Crippen molar-refractivity contribution in [2.24, 2.45) is 0 Å². The van der Waals surface area contributed by atoms with Gasteiger partial charge in [0.2, 0.25) is 0 Å². The van der Waals surface area contributed by atoms with Crippen LogP contribution < -0.4 is 4.74 Å². The Morgan fingerprint density at radius 2 is 2.00 bits per heavy atom. The zero-order chi connectivity index (χ0) is 15.1. The fraction of sp³-hybridized carbons (Fsp3) is 0.133. The highest BCUT2D eigenvalue weighted by atomic mass is 19.3. The molecule has 0 saturated carbocycles. The number of benzene rings is 1. The molecular weight excluding hydrogens is 282 g/mol. The number of hydrogen-bond acceptors (Lipinski definition) is 4. The SMILES string of the molecule is O=C(C=Cc1ccc(OC(F)F)cc1)OCc1ccco1. The van der Waals surface area contributed by atoms with Crippen molar-refractivity contribution in [3.63, 3.8) is 0 Å². The number of carbonyl (C=O) groups is 1. The molecule has 1 aromatic heterocycles. The van der Waals surface area contributed by atoms with Crippen molar-refractivity contribution in [3.8, 4) is 5.75 Å². The van der Waals surface area contributed by atoms with Crippen LogP contribution in [0.1, 0.15) is 11.3 Å². The molecule has 0 aliphatic carbocycles. The molecule has 21 heavy (non-hydrogen) atoms. The predicted octanol–water partition coefficient (Wildman–Crippen LogP) is 3.64. The van der Waals surface area contributed by atoms with E-state index in [2.05, 4.69) is 4.74 Å². The molecule has 0 aliphatic heterocycles. The maximum atomic E-state index is 12.0. The molecule has 0 saturated heterocycles. The average Bonchev–Trinajstić information content (AvgIpc) is 2.97. The van der Waals surface area contributed by atoms with Gasteiger partial charge in [0.1, 0.15) is 18.1 Å². The molecule has 4 nitrogen and oxygen atoms in total. The molecule has 0 radical (unpaired) electrons. The van der Waals surface area contributed by atoms with E-state index in [4.69, 9.17) is 9.15 Å². The van der Waals surface area contributed by atoms with Crippen LogP contribution in [0.2, 0.25) is 0 Å². The molecule has 2 rings (SSSR count). The Balaban J connectivity index is 1.83. The fourth-order valence-corrected chi connectivity index (χ4v) is 1.51. The van der Waals surface area contributed by atoms with E-state index in [1.807, 2.05) is 0 Å². The summed E-state index contributed by atoms with van der Waals surface area (Å²) in [7, 11) is 0. The van der Waals surface area contributed by atoms with Crippen LogP contribution in [0.5, 0.6) is 5.75 Å². The van der Waals surface area contributed by atoms with Crippen LogP contribution in [0, 0.1) is 0 Å². The summed E-state index contributed by atoms with van der Waals surface area (Å²) in [5.74, 6) is 0.0760. The lowest BCUT2D eigenvalue weighted by Gasteiger charge is -2.03. The topological polar surface area (TPSA) is 48.7 Å². The molecular formula is C15H12F2O4. The standard InChI is InChI=1S/C15H12F2O4/c16-15(17)21-12-6-3-11(4-7-12)5-8-14(18)20-10-13-2-1-9-19-13/h1-9,15H,10H2. The van der Waals surface area contributed by atoms with E-state index in [0.29, 0.717) is 11.3 Å². The number of carbonyl (C=O) groups excluding carboxylic acids is 1. The minimum absolute atomic E-state index is 0.0529. The third kappa shape index (κ3) is 5.10. The number of hydrogen-bond donors (Lipinski definition) is 0. The van der Waals surface area contributed by atoms with Gasteiger partial charge in [0.25, 0.3) is 0 Å². The monoisotopic (exact) mass is 294 g/mol. The number of alkyl halides is 2. The summed E-state index contributed by atoms with van der Waals surface area (Å²) in [6, 6.07) is 9.27. The van der Waals surface area contributed by atoms with Crippen LogP contribution in [0.3, 0.4) is 0 Å². The Bertz CT molecular complexity index is 589. The second kappa shape index (κ2) is 7.23. The van der Waals surface area contributed by atoms with Gasteiger partial charge in [-0.1, -0.05) is 12.1 Å². The van der Waals surface area contributed by atoms with Gasteiger partial charge in [-0.15, -0.1) is 0 Å². The first-order chi connectivity index (χ1) is 10.1. The van der Waals surface area contributed by atoms with E-state index in [1.54, 1.807) is 24.3 Å². The first kappa shape index (κ1) is 14.8. The van der Waals surface area contributed by atoms with Gasteiger partial charge < -0.3 is 13.9 Å². The summed E-state index contributed by atoms with van der Waals surface area (Å²) in [6.07, 6.45) is 4.24. The second-order valence-corrected chi connectivity index (χ2v) is 3.97. The summed E-state index contributed by atoms with van der Waals surface area (Å²) >= 11 is 0. The smallest absolute Gasteiger partial charge is 0.387 e. The largest absolute Gasteiger partial charge is 0.466 e. The van der Waals surface area contributed by atoms with Gasteiger partial charge in [0.15, 0.2) is 0 Å². The van der Waals surface area contributed by atoms with Crippen molar-refractivity contribution in [1.29, 1.82) is 0 Å². The molecule has 110 valence electrons. The van der Waals surface area contributed by atoms with Crippen LogP contribution in [0.25, 0.3) is 6.08 Å². The summed E-state index contributed by atoms with van der Waals surface area (Å²) < 4.78 is 38.1. The maximum Gasteiger partial charge on any atom is 0.387 e. The van der Waals surface area contributed by atoms with E-state index in [0.717, 1.165) is 0 Å². The lowest BCUT2D eigenvalue weighted by atomic mass is 10.2. The third-order valence-corrected chi connectivity index (χ3v) is 2.45. The minimum Gasteiger partial charge on any atom is -0.466 e. The number of esters is 1. The first-order valence-electron chi connectivity index (χ1n) is 6.05. The molecule has 0 N–H and O–H groups in total. The average molecular weight is 294 g/mol. The maximum absolute atomic E-state index is 12.0. The quantitative estimate of drug-likeness (QED) is 0.603. The molecule has 0 atom stereocenters. The van der Waals surface area contributed by atoms with Crippen molar-refractivity contribution < 1.29 is 27.5 Å². The zero-order valence-electron chi connectivity index (χ0n) is 10.9. The van der Waals surface area contributed by atoms with Gasteiger partial charge in [0, 0.05) is 6.08 Å². The van der Waals surface area contributed by atoms with Crippen LogP contribution in [-0.4, -0.2) is 12.6 Å². The summed E-state index contributed by atoms with van der Waals surface area (Å²) in [5, 5.41) is 0. The highest BCUT2D eigenvalue weighted by molar-refractivity contribution is 5.87. The van der Waals surface area contributed by atoms with E-state index in [-0.39, 0.29) is 12.4 Å². The van der Waals surface area contributed by atoms with Gasteiger partial charge in [0.05, 0.1) is 6.26 Å². The second-order valence-electron chi connectivity index (χ2n) is 3.97. The van der Waals surface area contributed by atoms with Gasteiger partial charge in [-0.3, -0.25) is 0 Å². The lowest BCUT2D eigenvalue weighted by Crippen LogP contribution is -2.01. The highest BCUT2D eigenvalue weighted by Gasteiger charge is 2.03. The van der Waals surface area contributed by atoms with E-state index in [9.17, 15) is 13.6 Å². The zero-order valence-corrected chi connectivity index (χ0v) is 10.9. The van der Waals surface area contributed by atoms with Crippen LogP contribution in [0.4, 0.5) is 8.78 Å². The number of rotatable bonds is 6. The number of ether oxygens (including phenoxy) is 2. The summed E-state index contributed by atoms with van der Waals surface area (Å²) in [5.41, 5.74) is 0.659. The van der Waals surface area contributed by atoms with Crippen LogP contribution in [-0.2, 0) is 16.1 Å². The van der Waals surface area contributed by atoms with Gasteiger partial charge in [-0.05, 0) is 35.9 Å². The molecule has 0 bridgehead atoms. The Morgan fingerprint density at radius 1 is 1.24 bits per heavy atom. The molecule has 0 amide bonds. The first-order valence-corrected chi connectivity index (χ1v) is 6.05. The molecule has 1 heterocycles. The van der Waals surface area contributed by atoms with Crippen molar-refractivity contribution in [2.75, 3.05) is 0 Å². The van der Waals surface area contributed by atoms with E-state index in [1.165, 1.54) is 30.5 Å². The van der Waals surface area contributed by atoms with Crippen molar-refractivity contribution in [1.82, 2.24) is 0 Å². The Labute approximate surface area is 119 Å². The molecule has 0 aliphatic rings. The molecule has 0 spiro atoms. The van der Waals surface area contributed by atoms with Gasteiger partial charge in [-0.25, -0.2) is 4.79 Å². The van der Waals surface area contributed by atoms with Gasteiger partial charge >= 0.3 is 12.6 Å². The highest BCUT2D eigenvalue weighted by Crippen LogP contribution is 2.15. The summed E-state index contributed by atoms with van der Waals surface area (Å²) in [4.78, 5) is 11.4. The lowest BCUT2D eigenvalue weighted by molar-refractivity contribution is -0.139. The molecule has 2 aromatic rings. The predicted molar refractivity (Wildman–Crippen MR) is 70.6 cm³/mol. The normalized spacial score (nSPS) is 11.0. The molecule has 0 unspecified atom stereocenters. The van der Waals surface area contributed by atoms with Crippen molar-refractivity contribution in [3.05, 3.63) is 60.1 Å².